The Kier molecular flexibility index (Phi) is 2.92. The highest BCUT2D eigenvalue weighted by Crippen LogP contribution is 2.19. The number of rotatable bonds is 3. The molecular weight excluding hydrogens is 280 g/mol. The number of aromatic nitrogens is 5. The normalized spacial score (nSPS) is 16.9. The summed E-state index contributed by atoms with van der Waals surface area (Å²) < 4.78 is 3.86. The number of hydrogen-bond donors (Lipinski definition) is 1. The second kappa shape index (κ2) is 4.94. The largest absolute Gasteiger partial charge is 0.352 e. The van der Waals surface area contributed by atoms with Crippen molar-refractivity contribution in [1.82, 2.24) is 29.7 Å². The molecule has 7 heteroatoms. The van der Waals surface area contributed by atoms with Gasteiger partial charge in [-0.1, -0.05) is 0 Å². The lowest BCUT2D eigenvalue weighted by molar-refractivity contribution is 0.0947. The van der Waals surface area contributed by atoms with Gasteiger partial charge in [0.2, 0.25) is 0 Å². The first-order chi connectivity index (χ1) is 10.7. The van der Waals surface area contributed by atoms with Gasteiger partial charge >= 0.3 is 0 Å². The Bertz CT molecular complexity index is 849. The van der Waals surface area contributed by atoms with E-state index in [1.807, 2.05) is 19.1 Å². The fourth-order valence-electron chi connectivity index (χ4n) is 2.93. The maximum Gasteiger partial charge on any atom is 0.251 e. The number of amides is 1. The highest BCUT2D eigenvalue weighted by atomic mass is 16.1. The summed E-state index contributed by atoms with van der Waals surface area (Å²) in [5.74, 6) is 2.28. The molecule has 1 N–H and O–H groups in total. The lowest BCUT2D eigenvalue weighted by atomic mass is 10.1. The van der Waals surface area contributed by atoms with Crippen LogP contribution in [0.4, 0.5) is 0 Å². The number of fused-ring (bicyclic) bond motifs is 2. The van der Waals surface area contributed by atoms with Gasteiger partial charge in [-0.3, -0.25) is 4.79 Å². The molecule has 0 fully saturated rings. The van der Waals surface area contributed by atoms with Gasteiger partial charge in [0.25, 0.3) is 5.91 Å². The van der Waals surface area contributed by atoms with Gasteiger partial charge in [0.15, 0.2) is 0 Å². The van der Waals surface area contributed by atoms with Crippen molar-refractivity contribution in [3.05, 3.63) is 47.8 Å². The zero-order chi connectivity index (χ0) is 15.1. The molecule has 0 bridgehead atoms. The molecule has 3 aromatic rings. The van der Waals surface area contributed by atoms with Crippen molar-refractivity contribution in [1.29, 1.82) is 0 Å². The first-order valence-corrected chi connectivity index (χ1v) is 7.31. The third-order valence-electron chi connectivity index (χ3n) is 4.14. The van der Waals surface area contributed by atoms with Gasteiger partial charge in [-0.2, -0.15) is 5.10 Å². The molecule has 7 nitrogen and oxygen atoms in total. The van der Waals surface area contributed by atoms with Crippen LogP contribution in [0, 0.1) is 12.8 Å². The van der Waals surface area contributed by atoms with Crippen LogP contribution in [0.5, 0.6) is 0 Å². The second-order valence-electron chi connectivity index (χ2n) is 5.67. The van der Waals surface area contributed by atoms with Crippen LogP contribution in [0.15, 0.2) is 30.6 Å². The first kappa shape index (κ1) is 13.0. The zero-order valence-electron chi connectivity index (χ0n) is 12.2. The van der Waals surface area contributed by atoms with E-state index in [0.29, 0.717) is 18.0 Å². The minimum atomic E-state index is -0.0527. The Balaban J connectivity index is 1.40. The summed E-state index contributed by atoms with van der Waals surface area (Å²) in [6.07, 6.45) is 4.38. The van der Waals surface area contributed by atoms with E-state index in [-0.39, 0.29) is 5.91 Å². The molecular formula is C15H16N6O. The number of aryl methyl sites for hydroxylation is 1. The molecule has 22 heavy (non-hydrogen) atoms. The van der Waals surface area contributed by atoms with Crippen molar-refractivity contribution in [3.8, 4) is 0 Å². The predicted molar refractivity (Wildman–Crippen MR) is 79.5 cm³/mol. The standard InChI is InChI=1S/C15H16N6O/c1-10-18-19-14-6-11(9-20(10)14)8-16-15(22)12-3-5-21-13(7-12)2-4-17-21/h2-5,7,11H,6,8-9H2,1H3,(H,16,22). The second-order valence-corrected chi connectivity index (χ2v) is 5.67. The van der Waals surface area contributed by atoms with Crippen LogP contribution in [-0.2, 0) is 13.0 Å². The summed E-state index contributed by atoms with van der Waals surface area (Å²) in [6, 6.07) is 5.50. The minimum Gasteiger partial charge on any atom is -0.352 e. The Morgan fingerprint density at radius 3 is 3.18 bits per heavy atom. The molecule has 0 saturated carbocycles. The molecule has 1 aliphatic heterocycles. The number of nitrogens with zero attached hydrogens (tertiary/aromatic N) is 5. The molecule has 3 aromatic heterocycles. The van der Waals surface area contributed by atoms with Crippen molar-refractivity contribution in [3.63, 3.8) is 0 Å². The molecule has 0 saturated heterocycles. The summed E-state index contributed by atoms with van der Waals surface area (Å²) in [4.78, 5) is 12.3. The number of hydrogen-bond acceptors (Lipinski definition) is 4. The van der Waals surface area contributed by atoms with Crippen LogP contribution >= 0.6 is 0 Å². The van der Waals surface area contributed by atoms with E-state index in [1.54, 1.807) is 23.0 Å². The van der Waals surface area contributed by atoms with Crippen LogP contribution in [-0.4, -0.2) is 36.8 Å². The van der Waals surface area contributed by atoms with Crippen LogP contribution in [0.3, 0.4) is 0 Å². The average molecular weight is 296 g/mol. The highest BCUT2D eigenvalue weighted by molar-refractivity contribution is 5.95. The van der Waals surface area contributed by atoms with Crippen LogP contribution in [0.2, 0.25) is 0 Å². The van der Waals surface area contributed by atoms with Gasteiger partial charge in [0.1, 0.15) is 11.6 Å². The number of carbonyl (C=O) groups excluding carboxylic acids is 1. The van der Waals surface area contributed by atoms with Gasteiger partial charge in [-0.05, 0) is 25.1 Å². The zero-order valence-corrected chi connectivity index (χ0v) is 12.2. The van der Waals surface area contributed by atoms with Crippen LogP contribution < -0.4 is 5.32 Å². The van der Waals surface area contributed by atoms with Crippen molar-refractivity contribution >= 4 is 11.4 Å². The quantitative estimate of drug-likeness (QED) is 0.777. The molecule has 1 aliphatic rings. The Labute approximate surface area is 127 Å². The smallest absolute Gasteiger partial charge is 0.251 e. The van der Waals surface area contributed by atoms with Gasteiger partial charge in [-0.15, -0.1) is 10.2 Å². The number of nitrogens with one attached hydrogen (secondary N) is 1. The molecule has 0 aromatic carbocycles. The van der Waals surface area contributed by atoms with E-state index in [0.717, 1.165) is 30.1 Å². The van der Waals surface area contributed by atoms with Gasteiger partial charge in [-0.25, -0.2) is 4.52 Å². The van der Waals surface area contributed by atoms with Crippen LogP contribution in [0.1, 0.15) is 22.0 Å². The maximum absolute atomic E-state index is 12.3. The van der Waals surface area contributed by atoms with Gasteiger partial charge < -0.3 is 9.88 Å². The molecule has 1 atom stereocenters. The monoisotopic (exact) mass is 296 g/mol. The summed E-state index contributed by atoms with van der Waals surface area (Å²) in [6.45, 7) is 3.47. The number of carbonyl (C=O) groups is 1. The Morgan fingerprint density at radius 1 is 1.41 bits per heavy atom. The molecule has 4 heterocycles. The predicted octanol–water partition coefficient (Wildman–Crippen LogP) is 0.837. The topological polar surface area (TPSA) is 77.1 Å². The van der Waals surface area contributed by atoms with E-state index >= 15 is 0 Å². The lowest BCUT2D eigenvalue weighted by Crippen LogP contribution is -2.30. The molecule has 1 amide bonds. The van der Waals surface area contributed by atoms with E-state index in [1.165, 1.54) is 0 Å². The molecule has 0 radical (unpaired) electrons. The fraction of sp³-hybridized carbons (Fsp3) is 0.333. The van der Waals surface area contributed by atoms with Crippen molar-refractivity contribution in [2.45, 2.75) is 19.9 Å². The van der Waals surface area contributed by atoms with E-state index < -0.39 is 0 Å². The highest BCUT2D eigenvalue weighted by Gasteiger charge is 2.25. The molecule has 0 spiro atoms. The minimum absolute atomic E-state index is 0.0527. The summed E-state index contributed by atoms with van der Waals surface area (Å²) in [5, 5.41) is 15.3. The Morgan fingerprint density at radius 2 is 2.32 bits per heavy atom. The first-order valence-electron chi connectivity index (χ1n) is 7.31. The summed E-state index contributed by atoms with van der Waals surface area (Å²) in [5.41, 5.74) is 1.57. The van der Waals surface area contributed by atoms with Crippen molar-refractivity contribution < 1.29 is 4.79 Å². The molecule has 112 valence electrons. The van der Waals surface area contributed by atoms with Gasteiger partial charge in [0, 0.05) is 43.4 Å². The maximum atomic E-state index is 12.3. The van der Waals surface area contributed by atoms with E-state index in [9.17, 15) is 4.79 Å². The number of pyridine rings is 1. The van der Waals surface area contributed by atoms with Gasteiger partial charge in [0.05, 0.1) is 5.52 Å². The Hall–Kier alpha value is -2.70. The average Bonchev–Trinajstić information content (AvgIpc) is 3.21. The van der Waals surface area contributed by atoms with Crippen molar-refractivity contribution in [2.75, 3.05) is 6.54 Å². The molecule has 1 unspecified atom stereocenters. The lowest BCUT2D eigenvalue weighted by Gasteiger charge is -2.11. The van der Waals surface area contributed by atoms with Crippen molar-refractivity contribution in [2.24, 2.45) is 5.92 Å². The SMILES string of the molecule is Cc1nnc2n1CC(CNC(=O)c1ccn3nccc3c1)C2. The van der Waals surface area contributed by atoms with E-state index in [2.05, 4.69) is 25.2 Å². The summed E-state index contributed by atoms with van der Waals surface area (Å²) in [7, 11) is 0. The third kappa shape index (κ3) is 2.14. The molecule has 4 rings (SSSR count). The van der Waals surface area contributed by atoms with Crippen LogP contribution in [0.25, 0.3) is 5.52 Å². The summed E-state index contributed by atoms with van der Waals surface area (Å²) >= 11 is 0. The molecule has 0 aliphatic carbocycles. The van der Waals surface area contributed by atoms with E-state index in [4.69, 9.17) is 0 Å². The third-order valence-corrected chi connectivity index (χ3v) is 4.14. The fourth-order valence-corrected chi connectivity index (χ4v) is 2.93.